The van der Waals surface area contributed by atoms with Gasteiger partial charge in [-0.3, -0.25) is 9.59 Å². The smallest absolute Gasteiger partial charge is 0.283 e. The number of rotatable bonds is 4. The van der Waals surface area contributed by atoms with E-state index in [0.29, 0.717) is 10.9 Å². The predicted molar refractivity (Wildman–Crippen MR) is 96.1 cm³/mol. The summed E-state index contributed by atoms with van der Waals surface area (Å²) in [5.74, 6) is 0.521. The Morgan fingerprint density at radius 2 is 1.88 bits per heavy atom. The molecule has 0 radical (unpaired) electrons. The number of nitrogens with zero attached hydrogens (tertiary/aromatic N) is 3. The molecule has 1 aliphatic carbocycles. The number of carbonyl (C=O) groups excluding carboxylic acids is 1. The second-order valence-corrected chi connectivity index (χ2v) is 6.56. The van der Waals surface area contributed by atoms with Crippen molar-refractivity contribution in [1.29, 1.82) is 0 Å². The minimum Gasteiger partial charge on any atom is -0.383 e. The van der Waals surface area contributed by atoms with E-state index < -0.39 is 5.56 Å². The van der Waals surface area contributed by atoms with E-state index in [1.807, 2.05) is 0 Å². The van der Waals surface area contributed by atoms with Gasteiger partial charge in [0.2, 0.25) is 4.96 Å². The standard InChI is InChI=1S/C17H18N4O2S/c1-3-11(4-2)16-20-21-14(18)13(15(23)19-17(21)24-16)9-10-5-7-12(22)8-6-10/h5-9,11H,3-4,18H2,1-2H3. The summed E-state index contributed by atoms with van der Waals surface area (Å²) in [6.07, 6.45) is 9.76. The van der Waals surface area contributed by atoms with Crippen molar-refractivity contribution in [3.63, 3.8) is 0 Å². The average molecular weight is 342 g/mol. The zero-order valence-corrected chi connectivity index (χ0v) is 14.3. The molecular weight excluding hydrogens is 324 g/mol. The molecule has 0 unspecified atom stereocenters. The van der Waals surface area contributed by atoms with Gasteiger partial charge >= 0.3 is 0 Å². The van der Waals surface area contributed by atoms with Crippen molar-refractivity contribution in [2.75, 3.05) is 5.73 Å². The van der Waals surface area contributed by atoms with Gasteiger partial charge in [-0.05, 0) is 36.6 Å². The van der Waals surface area contributed by atoms with Crippen molar-refractivity contribution in [3.05, 3.63) is 50.8 Å². The van der Waals surface area contributed by atoms with Crippen LogP contribution in [0.4, 0.5) is 5.82 Å². The minimum absolute atomic E-state index is 0.0836. The van der Waals surface area contributed by atoms with E-state index in [0.717, 1.165) is 23.4 Å². The molecule has 2 N–H and O–H groups in total. The van der Waals surface area contributed by atoms with Crippen molar-refractivity contribution in [1.82, 2.24) is 14.6 Å². The van der Waals surface area contributed by atoms with Gasteiger partial charge in [0, 0.05) is 5.92 Å². The van der Waals surface area contributed by atoms with Gasteiger partial charge in [0.05, 0.1) is 5.56 Å². The highest BCUT2D eigenvalue weighted by atomic mass is 32.1. The number of carbonyl (C=O) groups is 1. The Bertz CT molecular complexity index is 927. The third-order valence-electron chi connectivity index (χ3n) is 4.03. The Labute approximate surface area is 143 Å². The first-order valence-electron chi connectivity index (χ1n) is 7.84. The summed E-state index contributed by atoms with van der Waals surface area (Å²) in [6, 6.07) is 0. The van der Waals surface area contributed by atoms with E-state index in [-0.39, 0.29) is 17.2 Å². The zero-order valence-electron chi connectivity index (χ0n) is 13.5. The molecule has 0 atom stereocenters. The molecule has 2 aromatic rings. The van der Waals surface area contributed by atoms with Gasteiger partial charge in [0.15, 0.2) is 5.78 Å². The lowest BCUT2D eigenvalue weighted by atomic mass is 10.1. The minimum atomic E-state index is -0.390. The summed E-state index contributed by atoms with van der Waals surface area (Å²) in [4.78, 5) is 28.1. The number of nitrogen functional groups attached to an aromatic ring is 1. The monoisotopic (exact) mass is 342 g/mol. The van der Waals surface area contributed by atoms with Crippen LogP contribution in [0.25, 0.3) is 11.0 Å². The van der Waals surface area contributed by atoms with Gasteiger partial charge in [-0.1, -0.05) is 37.3 Å². The van der Waals surface area contributed by atoms with E-state index in [2.05, 4.69) is 23.9 Å². The number of hydrogen-bond acceptors (Lipinski definition) is 6. The van der Waals surface area contributed by atoms with Crippen molar-refractivity contribution in [2.45, 2.75) is 32.6 Å². The lowest BCUT2D eigenvalue weighted by molar-refractivity contribution is -0.110. The maximum atomic E-state index is 12.3. The van der Waals surface area contributed by atoms with Gasteiger partial charge in [0.25, 0.3) is 5.56 Å². The normalized spacial score (nSPS) is 14.1. The van der Waals surface area contributed by atoms with Crippen LogP contribution in [0.5, 0.6) is 0 Å². The molecule has 2 heterocycles. The third kappa shape index (κ3) is 2.94. The van der Waals surface area contributed by atoms with Gasteiger partial charge in [-0.25, -0.2) is 0 Å². The molecular formula is C17H18N4O2S. The first-order valence-corrected chi connectivity index (χ1v) is 8.66. The van der Waals surface area contributed by atoms with E-state index in [4.69, 9.17) is 5.73 Å². The summed E-state index contributed by atoms with van der Waals surface area (Å²) in [5.41, 5.74) is 6.78. The molecule has 0 aromatic carbocycles. The fraction of sp³-hybridized carbons (Fsp3) is 0.294. The summed E-state index contributed by atoms with van der Waals surface area (Å²) in [6.45, 7) is 4.22. The highest BCUT2D eigenvalue weighted by molar-refractivity contribution is 7.16. The van der Waals surface area contributed by atoms with Crippen molar-refractivity contribution >= 4 is 34.0 Å². The van der Waals surface area contributed by atoms with Crippen LogP contribution in [0.2, 0.25) is 0 Å². The molecule has 124 valence electrons. The van der Waals surface area contributed by atoms with Crippen molar-refractivity contribution < 1.29 is 4.79 Å². The number of anilines is 1. The first kappa shape index (κ1) is 16.3. The zero-order chi connectivity index (χ0) is 17.3. The van der Waals surface area contributed by atoms with Crippen LogP contribution in [0.3, 0.4) is 0 Å². The third-order valence-corrected chi connectivity index (χ3v) is 5.10. The molecule has 1 aliphatic rings. The second kappa shape index (κ2) is 6.52. The van der Waals surface area contributed by atoms with Gasteiger partial charge < -0.3 is 5.73 Å². The highest BCUT2D eigenvalue weighted by Gasteiger charge is 2.17. The Morgan fingerprint density at radius 1 is 1.21 bits per heavy atom. The van der Waals surface area contributed by atoms with Gasteiger partial charge in [0.1, 0.15) is 10.8 Å². The lowest BCUT2D eigenvalue weighted by Gasteiger charge is -2.06. The van der Waals surface area contributed by atoms with Crippen molar-refractivity contribution in [3.8, 4) is 0 Å². The maximum absolute atomic E-state index is 12.3. The lowest BCUT2D eigenvalue weighted by Crippen LogP contribution is -2.17. The summed E-state index contributed by atoms with van der Waals surface area (Å²) in [7, 11) is 0. The molecule has 24 heavy (non-hydrogen) atoms. The topological polar surface area (TPSA) is 90.4 Å². The number of allylic oxidation sites excluding steroid dienone is 5. The van der Waals surface area contributed by atoms with E-state index >= 15 is 0 Å². The van der Waals surface area contributed by atoms with Crippen LogP contribution in [0.15, 0.2) is 34.7 Å². The molecule has 0 spiro atoms. The van der Waals surface area contributed by atoms with Crippen LogP contribution < -0.4 is 11.3 Å². The largest absolute Gasteiger partial charge is 0.383 e. The molecule has 2 aromatic heterocycles. The highest BCUT2D eigenvalue weighted by Crippen LogP contribution is 2.28. The van der Waals surface area contributed by atoms with E-state index in [9.17, 15) is 9.59 Å². The summed E-state index contributed by atoms with van der Waals surface area (Å²) >= 11 is 1.41. The van der Waals surface area contributed by atoms with Crippen LogP contribution in [0.1, 0.15) is 43.2 Å². The molecule has 0 bridgehead atoms. The fourth-order valence-corrected chi connectivity index (χ4v) is 3.73. The Hall–Kier alpha value is -2.54. The van der Waals surface area contributed by atoms with Crippen LogP contribution in [-0.4, -0.2) is 20.4 Å². The Morgan fingerprint density at radius 3 is 2.50 bits per heavy atom. The first-order chi connectivity index (χ1) is 11.5. The van der Waals surface area contributed by atoms with Crippen molar-refractivity contribution in [2.24, 2.45) is 0 Å². The molecule has 0 saturated carbocycles. The summed E-state index contributed by atoms with van der Waals surface area (Å²) < 4.78 is 1.54. The molecule has 6 nitrogen and oxygen atoms in total. The van der Waals surface area contributed by atoms with E-state index in [1.54, 1.807) is 18.2 Å². The van der Waals surface area contributed by atoms with Gasteiger partial charge in [-0.15, -0.1) is 0 Å². The maximum Gasteiger partial charge on any atom is 0.283 e. The molecule has 0 fully saturated rings. The quantitative estimate of drug-likeness (QED) is 0.922. The molecule has 0 aliphatic heterocycles. The molecule has 7 heteroatoms. The average Bonchev–Trinajstić information content (AvgIpc) is 2.98. The predicted octanol–water partition coefficient (Wildman–Crippen LogP) is 2.72. The molecule has 0 saturated heterocycles. The Kier molecular flexibility index (Phi) is 4.44. The number of fused-ring (bicyclic) bond motifs is 1. The van der Waals surface area contributed by atoms with Crippen LogP contribution in [0, 0.1) is 0 Å². The fourth-order valence-electron chi connectivity index (χ4n) is 2.57. The van der Waals surface area contributed by atoms with Crippen LogP contribution >= 0.6 is 11.3 Å². The van der Waals surface area contributed by atoms with Gasteiger partial charge in [-0.2, -0.15) is 14.6 Å². The molecule has 0 amide bonds. The summed E-state index contributed by atoms with van der Waals surface area (Å²) in [5, 5.41) is 5.49. The number of aromatic nitrogens is 3. The number of hydrogen-bond donors (Lipinski definition) is 1. The Balaban J connectivity index is 2.12. The van der Waals surface area contributed by atoms with Crippen LogP contribution in [-0.2, 0) is 4.79 Å². The number of ketones is 1. The van der Waals surface area contributed by atoms with E-state index in [1.165, 1.54) is 28.0 Å². The molecule has 3 rings (SSSR count). The second-order valence-electron chi connectivity index (χ2n) is 5.58. The SMILES string of the molecule is CCC(CC)c1nn2c(N)c(C=C3C=CC(=O)C=C3)c(=O)nc2s1. The number of nitrogens with two attached hydrogens (primary N) is 1.